The summed E-state index contributed by atoms with van der Waals surface area (Å²) >= 11 is 0. The highest BCUT2D eigenvalue weighted by Crippen LogP contribution is 2.29. The summed E-state index contributed by atoms with van der Waals surface area (Å²) in [6, 6.07) is 10.0. The van der Waals surface area contributed by atoms with Crippen LogP contribution in [0.1, 0.15) is 30.0 Å². The summed E-state index contributed by atoms with van der Waals surface area (Å²) in [5.74, 6) is 0.895. The predicted octanol–water partition coefficient (Wildman–Crippen LogP) is 3.52. The molecule has 0 radical (unpaired) electrons. The normalized spacial score (nSPS) is 12.2. The first-order valence-corrected chi connectivity index (χ1v) is 11.9. The Morgan fingerprint density at radius 2 is 1.65 bits per heavy atom. The number of amides is 1. The maximum absolute atomic E-state index is 13.3. The average Bonchev–Trinajstić information content (AvgIpc) is 2.72. The van der Waals surface area contributed by atoms with Crippen LogP contribution in [-0.2, 0) is 21.4 Å². The SMILES string of the molecule is CC[C@@H](C(=O)N(C)Cc1ccc(OC)c(OC)c1)N(c1ccc(C)c(C)c1)S(C)(=O)=O. The molecule has 0 bridgehead atoms. The molecule has 0 unspecified atom stereocenters. The number of anilines is 1. The largest absolute Gasteiger partial charge is 0.493 e. The fourth-order valence-electron chi connectivity index (χ4n) is 3.49. The number of likely N-dealkylation sites (N-methyl/N-ethyl adjacent to an activating group) is 1. The molecule has 8 heteroatoms. The van der Waals surface area contributed by atoms with Crippen LogP contribution in [0.25, 0.3) is 0 Å². The van der Waals surface area contributed by atoms with Crippen LogP contribution < -0.4 is 13.8 Å². The van der Waals surface area contributed by atoms with E-state index in [1.807, 2.05) is 32.9 Å². The van der Waals surface area contributed by atoms with Crippen LogP contribution in [0.2, 0.25) is 0 Å². The second kappa shape index (κ2) is 10.0. The van der Waals surface area contributed by atoms with Gasteiger partial charge in [-0.3, -0.25) is 9.10 Å². The van der Waals surface area contributed by atoms with Gasteiger partial charge in [0.1, 0.15) is 6.04 Å². The molecule has 0 aliphatic rings. The Balaban J connectivity index is 2.35. The molecule has 0 saturated carbocycles. The number of nitrogens with zero attached hydrogens (tertiary/aromatic N) is 2. The van der Waals surface area contributed by atoms with Gasteiger partial charge in [0.25, 0.3) is 0 Å². The Morgan fingerprint density at radius 1 is 1.00 bits per heavy atom. The van der Waals surface area contributed by atoms with Crippen molar-refractivity contribution in [3.8, 4) is 11.5 Å². The van der Waals surface area contributed by atoms with Gasteiger partial charge in [-0.05, 0) is 61.2 Å². The van der Waals surface area contributed by atoms with Gasteiger partial charge in [0, 0.05) is 13.6 Å². The first kappa shape index (κ1) is 24.5. The smallest absolute Gasteiger partial charge is 0.246 e. The number of rotatable bonds is 9. The zero-order chi connectivity index (χ0) is 23.3. The quantitative estimate of drug-likeness (QED) is 0.587. The Hall–Kier alpha value is -2.74. The van der Waals surface area contributed by atoms with E-state index in [1.54, 1.807) is 45.5 Å². The number of benzene rings is 2. The van der Waals surface area contributed by atoms with Gasteiger partial charge in [0.15, 0.2) is 11.5 Å². The molecule has 2 rings (SSSR count). The molecule has 31 heavy (non-hydrogen) atoms. The zero-order valence-electron chi connectivity index (χ0n) is 19.3. The molecule has 0 saturated heterocycles. The fraction of sp³-hybridized carbons (Fsp3) is 0.435. The van der Waals surface area contributed by atoms with Gasteiger partial charge in [-0.15, -0.1) is 0 Å². The van der Waals surface area contributed by atoms with Crippen LogP contribution in [0.5, 0.6) is 11.5 Å². The lowest BCUT2D eigenvalue weighted by atomic mass is 10.1. The van der Waals surface area contributed by atoms with E-state index in [2.05, 4.69) is 0 Å². The first-order valence-electron chi connectivity index (χ1n) is 10.1. The Bertz CT molecular complexity index is 1040. The molecule has 0 heterocycles. The molecule has 7 nitrogen and oxygen atoms in total. The van der Waals surface area contributed by atoms with Crippen molar-refractivity contribution in [2.24, 2.45) is 0 Å². The highest BCUT2D eigenvalue weighted by atomic mass is 32.2. The van der Waals surface area contributed by atoms with Crippen molar-refractivity contribution in [3.05, 3.63) is 53.1 Å². The number of carbonyl (C=O) groups excluding carboxylic acids is 1. The Labute approximate surface area is 185 Å². The van der Waals surface area contributed by atoms with E-state index in [0.717, 1.165) is 22.9 Å². The van der Waals surface area contributed by atoms with Crippen LogP contribution in [0.3, 0.4) is 0 Å². The highest BCUT2D eigenvalue weighted by molar-refractivity contribution is 7.92. The molecule has 2 aromatic rings. The maximum atomic E-state index is 13.3. The summed E-state index contributed by atoms with van der Waals surface area (Å²) in [5, 5.41) is 0. The third-order valence-corrected chi connectivity index (χ3v) is 6.48. The van der Waals surface area contributed by atoms with Gasteiger partial charge in [0.05, 0.1) is 26.2 Å². The van der Waals surface area contributed by atoms with Crippen LogP contribution in [0, 0.1) is 13.8 Å². The second-order valence-corrected chi connectivity index (χ2v) is 9.49. The zero-order valence-corrected chi connectivity index (χ0v) is 20.1. The van der Waals surface area contributed by atoms with Gasteiger partial charge >= 0.3 is 0 Å². The summed E-state index contributed by atoms with van der Waals surface area (Å²) in [7, 11) is 1.10. The number of aryl methyl sites for hydroxylation is 2. The van der Waals surface area contributed by atoms with Crippen molar-refractivity contribution in [1.29, 1.82) is 0 Å². The fourth-order valence-corrected chi connectivity index (χ4v) is 4.69. The van der Waals surface area contributed by atoms with Gasteiger partial charge < -0.3 is 14.4 Å². The third kappa shape index (κ3) is 5.70. The third-order valence-electron chi connectivity index (χ3n) is 5.30. The average molecular weight is 449 g/mol. The Kier molecular flexibility index (Phi) is 7.95. The molecule has 0 aliphatic heterocycles. The van der Waals surface area contributed by atoms with E-state index in [4.69, 9.17) is 9.47 Å². The summed E-state index contributed by atoms with van der Waals surface area (Å²) in [4.78, 5) is 14.9. The molecule has 0 aliphatic carbocycles. The van der Waals surface area contributed by atoms with Crippen LogP contribution in [-0.4, -0.2) is 52.8 Å². The summed E-state index contributed by atoms with van der Waals surface area (Å²) in [5.41, 5.74) is 3.36. The molecular weight excluding hydrogens is 416 g/mol. The van der Waals surface area contributed by atoms with Gasteiger partial charge in [-0.2, -0.15) is 0 Å². The van der Waals surface area contributed by atoms with E-state index in [0.29, 0.717) is 30.2 Å². The Morgan fingerprint density at radius 3 is 2.16 bits per heavy atom. The number of sulfonamides is 1. The highest BCUT2D eigenvalue weighted by Gasteiger charge is 2.33. The van der Waals surface area contributed by atoms with E-state index in [9.17, 15) is 13.2 Å². The number of hydrogen-bond donors (Lipinski definition) is 0. The van der Waals surface area contributed by atoms with E-state index >= 15 is 0 Å². The molecular formula is C23H32N2O5S. The summed E-state index contributed by atoms with van der Waals surface area (Å²) in [6.07, 6.45) is 1.47. The van der Waals surface area contributed by atoms with Crippen LogP contribution in [0.4, 0.5) is 5.69 Å². The number of ether oxygens (including phenoxy) is 2. The summed E-state index contributed by atoms with van der Waals surface area (Å²) in [6.45, 7) is 6.00. The van der Waals surface area contributed by atoms with E-state index < -0.39 is 16.1 Å². The van der Waals surface area contributed by atoms with Gasteiger partial charge in [-0.1, -0.05) is 19.1 Å². The van der Waals surface area contributed by atoms with E-state index in [-0.39, 0.29) is 5.91 Å². The lowest BCUT2D eigenvalue weighted by Gasteiger charge is -2.33. The van der Waals surface area contributed by atoms with E-state index in [1.165, 1.54) is 9.21 Å². The summed E-state index contributed by atoms with van der Waals surface area (Å²) < 4.78 is 37.2. The topological polar surface area (TPSA) is 76.2 Å². The van der Waals surface area contributed by atoms with Crippen molar-refractivity contribution in [2.45, 2.75) is 39.8 Å². The minimum Gasteiger partial charge on any atom is -0.493 e. The van der Waals surface area contributed by atoms with Crippen molar-refractivity contribution in [3.63, 3.8) is 0 Å². The van der Waals surface area contributed by atoms with Crippen LogP contribution >= 0.6 is 0 Å². The van der Waals surface area contributed by atoms with Crippen molar-refractivity contribution in [1.82, 2.24) is 4.90 Å². The van der Waals surface area contributed by atoms with Crippen LogP contribution in [0.15, 0.2) is 36.4 Å². The second-order valence-electron chi connectivity index (χ2n) is 7.64. The molecule has 2 aromatic carbocycles. The van der Waals surface area contributed by atoms with Crippen molar-refractivity contribution >= 4 is 21.6 Å². The molecule has 0 spiro atoms. The molecule has 170 valence electrons. The minimum absolute atomic E-state index is 0.277. The lowest BCUT2D eigenvalue weighted by Crippen LogP contribution is -2.49. The standard InChI is InChI=1S/C23H32N2O5S/c1-8-20(25(31(7,27)28)19-11-9-16(2)17(3)13-19)23(26)24(4)15-18-10-12-21(29-5)22(14-18)30-6/h9-14,20H,8,15H2,1-7H3/t20-/m0/s1. The number of hydrogen-bond acceptors (Lipinski definition) is 5. The number of carbonyl (C=O) groups is 1. The molecule has 0 N–H and O–H groups in total. The van der Waals surface area contributed by atoms with Gasteiger partial charge in [-0.25, -0.2) is 8.42 Å². The molecule has 1 atom stereocenters. The van der Waals surface area contributed by atoms with Crippen molar-refractivity contribution in [2.75, 3.05) is 31.8 Å². The molecule has 0 aromatic heterocycles. The maximum Gasteiger partial charge on any atom is 0.246 e. The van der Waals surface area contributed by atoms with Crippen molar-refractivity contribution < 1.29 is 22.7 Å². The minimum atomic E-state index is -3.68. The predicted molar refractivity (Wildman–Crippen MR) is 123 cm³/mol. The monoisotopic (exact) mass is 448 g/mol. The first-order chi connectivity index (χ1) is 14.5. The van der Waals surface area contributed by atoms with Gasteiger partial charge in [0.2, 0.25) is 15.9 Å². The number of methoxy groups -OCH3 is 2. The lowest BCUT2D eigenvalue weighted by molar-refractivity contribution is -0.131. The molecule has 1 amide bonds. The molecule has 0 fully saturated rings.